The molecule has 1 N–H and O–H groups in total. The molecule has 1 saturated carbocycles. The SMILES string of the molecule is Cc1nc(CC2CC2)sc1C(=O)N1CCC(C(=O)O)C1. The molecule has 1 aromatic heterocycles. The molecule has 1 unspecified atom stereocenters. The van der Waals surface area contributed by atoms with Gasteiger partial charge in [-0.2, -0.15) is 0 Å². The molecule has 0 bridgehead atoms. The van der Waals surface area contributed by atoms with Gasteiger partial charge in [0, 0.05) is 19.5 Å². The van der Waals surface area contributed by atoms with Crippen LogP contribution in [-0.2, 0) is 11.2 Å². The molecule has 1 atom stereocenters. The van der Waals surface area contributed by atoms with Gasteiger partial charge in [0.15, 0.2) is 0 Å². The van der Waals surface area contributed by atoms with Gasteiger partial charge in [0.2, 0.25) is 0 Å². The summed E-state index contributed by atoms with van der Waals surface area (Å²) in [6.45, 7) is 2.72. The molecule has 1 saturated heterocycles. The third kappa shape index (κ3) is 2.70. The zero-order chi connectivity index (χ0) is 14.3. The van der Waals surface area contributed by atoms with Crippen LogP contribution in [0.25, 0.3) is 0 Å². The Labute approximate surface area is 121 Å². The molecule has 5 nitrogen and oxygen atoms in total. The maximum Gasteiger partial charge on any atom is 0.308 e. The smallest absolute Gasteiger partial charge is 0.308 e. The van der Waals surface area contributed by atoms with Gasteiger partial charge in [0.1, 0.15) is 4.88 Å². The van der Waals surface area contributed by atoms with E-state index in [2.05, 4.69) is 4.98 Å². The van der Waals surface area contributed by atoms with Gasteiger partial charge in [-0.25, -0.2) is 4.98 Å². The predicted octanol–water partition coefficient (Wildman–Crippen LogP) is 1.95. The molecule has 0 spiro atoms. The van der Waals surface area contributed by atoms with Crippen molar-refractivity contribution in [2.24, 2.45) is 11.8 Å². The van der Waals surface area contributed by atoms with Gasteiger partial charge in [-0.3, -0.25) is 9.59 Å². The van der Waals surface area contributed by atoms with Crippen LogP contribution in [-0.4, -0.2) is 40.0 Å². The highest BCUT2D eigenvalue weighted by molar-refractivity contribution is 7.13. The normalized spacial score (nSPS) is 22.2. The summed E-state index contributed by atoms with van der Waals surface area (Å²) < 4.78 is 0. The molecule has 0 aromatic carbocycles. The first-order chi connectivity index (χ1) is 9.54. The zero-order valence-electron chi connectivity index (χ0n) is 11.5. The van der Waals surface area contributed by atoms with Crippen molar-refractivity contribution in [1.29, 1.82) is 0 Å². The van der Waals surface area contributed by atoms with Gasteiger partial charge in [-0.1, -0.05) is 0 Å². The van der Waals surface area contributed by atoms with Crippen molar-refractivity contribution in [1.82, 2.24) is 9.88 Å². The lowest BCUT2D eigenvalue weighted by molar-refractivity contribution is -0.141. The number of hydrogen-bond donors (Lipinski definition) is 1. The number of likely N-dealkylation sites (tertiary alicyclic amines) is 1. The third-order valence-corrected chi connectivity index (χ3v) is 5.19. The van der Waals surface area contributed by atoms with Crippen LogP contribution in [0.4, 0.5) is 0 Å². The monoisotopic (exact) mass is 294 g/mol. The Bertz CT molecular complexity index is 551. The largest absolute Gasteiger partial charge is 0.481 e. The highest BCUT2D eigenvalue weighted by Crippen LogP contribution is 2.34. The number of aryl methyl sites for hydroxylation is 1. The fourth-order valence-corrected chi connectivity index (χ4v) is 3.74. The fourth-order valence-electron chi connectivity index (χ4n) is 2.60. The summed E-state index contributed by atoms with van der Waals surface area (Å²) >= 11 is 1.48. The van der Waals surface area contributed by atoms with Gasteiger partial charge in [-0.05, 0) is 32.1 Å². The fraction of sp³-hybridized carbons (Fsp3) is 0.643. The van der Waals surface area contributed by atoms with Crippen molar-refractivity contribution in [3.05, 3.63) is 15.6 Å². The van der Waals surface area contributed by atoms with E-state index >= 15 is 0 Å². The second-order valence-electron chi connectivity index (χ2n) is 5.74. The average Bonchev–Trinajstić information content (AvgIpc) is 2.93. The van der Waals surface area contributed by atoms with Crippen LogP contribution >= 0.6 is 11.3 Å². The molecule has 2 fully saturated rings. The summed E-state index contributed by atoms with van der Waals surface area (Å²) in [5.41, 5.74) is 0.787. The second-order valence-corrected chi connectivity index (χ2v) is 6.83. The molecule has 108 valence electrons. The van der Waals surface area contributed by atoms with E-state index in [0.717, 1.165) is 23.0 Å². The molecule has 6 heteroatoms. The van der Waals surface area contributed by atoms with E-state index in [4.69, 9.17) is 5.11 Å². The van der Waals surface area contributed by atoms with Crippen LogP contribution < -0.4 is 0 Å². The number of carboxylic acid groups (broad SMARTS) is 1. The van der Waals surface area contributed by atoms with E-state index in [0.29, 0.717) is 24.4 Å². The van der Waals surface area contributed by atoms with Gasteiger partial charge in [0.05, 0.1) is 16.6 Å². The summed E-state index contributed by atoms with van der Waals surface area (Å²) in [4.78, 5) is 30.2. The van der Waals surface area contributed by atoms with Crippen LogP contribution in [0.5, 0.6) is 0 Å². The van der Waals surface area contributed by atoms with E-state index in [1.165, 1.54) is 24.2 Å². The Hall–Kier alpha value is -1.43. The molecule has 2 heterocycles. The minimum absolute atomic E-state index is 0.0502. The van der Waals surface area contributed by atoms with Crippen LogP contribution in [0.15, 0.2) is 0 Å². The molecule has 2 aliphatic rings. The van der Waals surface area contributed by atoms with Gasteiger partial charge >= 0.3 is 5.97 Å². The predicted molar refractivity (Wildman–Crippen MR) is 74.9 cm³/mol. The first-order valence-corrected chi connectivity index (χ1v) is 7.84. The zero-order valence-corrected chi connectivity index (χ0v) is 12.3. The summed E-state index contributed by atoms with van der Waals surface area (Å²) in [7, 11) is 0. The Morgan fingerprint density at radius 3 is 2.75 bits per heavy atom. The Morgan fingerprint density at radius 1 is 1.40 bits per heavy atom. The third-order valence-electron chi connectivity index (χ3n) is 4.02. The number of nitrogens with zero attached hydrogens (tertiary/aromatic N) is 2. The lowest BCUT2D eigenvalue weighted by atomic mass is 10.1. The minimum Gasteiger partial charge on any atom is -0.481 e. The first kappa shape index (κ1) is 13.5. The van der Waals surface area contributed by atoms with E-state index in [-0.39, 0.29) is 5.91 Å². The average molecular weight is 294 g/mol. The summed E-state index contributed by atoms with van der Waals surface area (Å²) in [6.07, 6.45) is 4.08. The van der Waals surface area contributed by atoms with Crippen molar-refractivity contribution < 1.29 is 14.7 Å². The van der Waals surface area contributed by atoms with E-state index < -0.39 is 11.9 Å². The molecular formula is C14H18N2O3S. The molecule has 1 aromatic rings. The lowest BCUT2D eigenvalue weighted by Gasteiger charge is -2.14. The van der Waals surface area contributed by atoms with Crippen LogP contribution in [0, 0.1) is 18.8 Å². The van der Waals surface area contributed by atoms with Crippen LogP contribution in [0.3, 0.4) is 0 Å². The van der Waals surface area contributed by atoms with E-state index in [1.54, 1.807) is 4.90 Å². The maximum absolute atomic E-state index is 12.5. The van der Waals surface area contributed by atoms with Gasteiger partial charge in [-0.15, -0.1) is 11.3 Å². The van der Waals surface area contributed by atoms with Crippen molar-refractivity contribution in [3.63, 3.8) is 0 Å². The summed E-state index contributed by atoms with van der Waals surface area (Å²) in [5.74, 6) is -0.522. The lowest BCUT2D eigenvalue weighted by Crippen LogP contribution is -2.29. The molecule has 0 radical (unpaired) electrons. The topological polar surface area (TPSA) is 70.5 Å². The molecule has 1 amide bonds. The van der Waals surface area contributed by atoms with Crippen molar-refractivity contribution in [2.45, 2.75) is 32.6 Å². The number of thiazole rings is 1. The number of carbonyl (C=O) groups is 2. The first-order valence-electron chi connectivity index (χ1n) is 7.03. The van der Waals surface area contributed by atoms with Crippen LogP contribution in [0.1, 0.15) is 39.6 Å². The maximum atomic E-state index is 12.5. The van der Waals surface area contributed by atoms with Crippen LogP contribution in [0.2, 0.25) is 0 Å². The second kappa shape index (κ2) is 5.16. The number of hydrogen-bond acceptors (Lipinski definition) is 4. The number of amides is 1. The van der Waals surface area contributed by atoms with Gasteiger partial charge in [0.25, 0.3) is 5.91 Å². The molecule has 3 rings (SSSR count). The number of aliphatic carboxylic acids is 1. The standard InChI is InChI=1S/C14H18N2O3S/c1-8-12(20-11(15-8)6-9-2-3-9)13(17)16-5-4-10(7-16)14(18)19/h9-10H,2-7H2,1H3,(H,18,19). The number of aromatic nitrogens is 1. The number of carboxylic acids is 1. The Balaban J connectivity index is 1.70. The Morgan fingerprint density at radius 2 is 2.15 bits per heavy atom. The Kier molecular flexibility index (Phi) is 3.50. The summed E-state index contributed by atoms with van der Waals surface area (Å²) in [6, 6.07) is 0. The van der Waals surface area contributed by atoms with E-state index in [1.807, 2.05) is 6.92 Å². The summed E-state index contributed by atoms with van der Waals surface area (Å²) in [5, 5.41) is 10.0. The highest BCUT2D eigenvalue weighted by atomic mass is 32.1. The van der Waals surface area contributed by atoms with Crippen molar-refractivity contribution in [3.8, 4) is 0 Å². The van der Waals surface area contributed by atoms with Crippen molar-refractivity contribution in [2.75, 3.05) is 13.1 Å². The highest BCUT2D eigenvalue weighted by Gasteiger charge is 2.33. The molecule has 1 aliphatic heterocycles. The minimum atomic E-state index is -0.809. The number of rotatable bonds is 4. The van der Waals surface area contributed by atoms with E-state index in [9.17, 15) is 9.59 Å². The molecule has 20 heavy (non-hydrogen) atoms. The molecular weight excluding hydrogens is 276 g/mol. The van der Waals surface area contributed by atoms with Crippen molar-refractivity contribution >= 4 is 23.2 Å². The quantitative estimate of drug-likeness (QED) is 0.921. The molecule has 1 aliphatic carbocycles. The van der Waals surface area contributed by atoms with Gasteiger partial charge < -0.3 is 10.0 Å². The number of carbonyl (C=O) groups excluding carboxylic acids is 1.